The van der Waals surface area contributed by atoms with Crippen LogP contribution in [-0.2, 0) is 19.9 Å². The summed E-state index contributed by atoms with van der Waals surface area (Å²) in [4.78, 5) is 14.0. The maximum Gasteiger partial charge on any atom is 0.253 e. The van der Waals surface area contributed by atoms with Crippen LogP contribution >= 0.6 is 0 Å². The molecule has 0 saturated carbocycles. The second kappa shape index (κ2) is 7.20. The predicted molar refractivity (Wildman–Crippen MR) is 91.1 cm³/mol. The third-order valence-electron chi connectivity index (χ3n) is 4.03. The number of nitrogens with one attached hydrogen (secondary N) is 1. The molecule has 0 aliphatic carbocycles. The van der Waals surface area contributed by atoms with Crippen LogP contribution in [0.2, 0.25) is 0 Å². The molecule has 1 aliphatic rings. The Bertz CT molecular complexity index is 801. The Morgan fingerprint density at radius 1 is 1.29 bits per heavy atom. The monoisotopic (exact) mass is 374 g/mol. The Morgan fingerprint density at radius 3 is 2.42 bits per heavy atom. The summed E-state index contributed by atoms with van der Waals surface area (Å²) in [5.74, 6) is -0.249. The fourth-order valence-electron chi connectivity index (χ4n) is 2.55. The summed E-state index contributed by atoms with van der Waals surface area (Å²) in [6, 6.07) is 5.32. The van der Waals surface area contributed by atoms with Crippen LogP contribution < -0.4 is 4.72 Å². The number of rotatable bonds is 6. The standard InChI is InChI=1S/C15H22N2O5S2/c1-3-9-16-24(21,22)14-6-4-12(5-7-14)15(18)17(2)13-8-10-23(19,20)11-13/h4-7,13,16H,3,8-11H2,1-2H3. The lowest BCUT2D eigenvalue weighted by Crippen LogP contribution is -2.37. The van der Waals surface area contributed by atoms with Gasteiger partial charge >= 0.3 is 0 Å². The van der Waals surface area contributed by atoms with E-state index in [1.807, 2.05) is 6.92 Å². The van der Waals surface area contributed by atoms with Crippen molar-refractivity contribution in [1.82, 2.24) is 9.62 Å². The summed E-state index contributed by atoms with van der Waals surface area (Å²) >= 11 is 0. The lowest BCUT2D eigenvalue weighted by Gasteiger charge is -2.23. The molecular weight excluding hydrogens is 352 g/mol. The molecule has 1 saturated heterocycles. The van der Waals surface area contributed by atoms with E-state index in [9.17, 15) is 21.6 Å². The highest BCUT2D eigenvalue weighted by Crippen LogP contribution is 2.19. The molecule has 0 radical (unpaired) electrons. The van der Waals surface area contributed by atoms with Crippen LogP contribution in [0.25, 0.3) is 0 Å². The Hall–Kier alpha value is -1.45. The van der Waals surface area contributed by atoms with Crippen molar-refractivity contribution in [3.63, 3.8) is 0 Å². The Balaban J connectivity index is 2.11. The largest absolute Gasteiger partial charge is 0.338 e. The highest BCUT2D eigenvalue weighted by atomic mass is 32.2. The number of amides is 1. The van der Waals surface area contributed by atoms with Gasteiger partial charge in [0, 0.05) is 25.2 Å². The minimum atomic E-state index is -3.57. The van der Waals surface area contributed by atoms with E-state index < -0.39 is 19.9 Å². The summed E-state index contributed by atoms with van der Waals surface area (Å²) in [6.07, 6.45) is 1.11. The molecule has 0 bridgehead atoms. The van der Waals surface area contributed by atoms with E-state index in [1.54, 1.807) is 7.05 Å². The van der Waals surface area contributed by atoms with E-state index >= 15 is 0 Å². The van der Waals surface area contributed by atoms with Gasteiger partial charge in [-0.05, 0) is 37.1 Å². The smallest absolute Gasteiger partial charge is 0.253 e. The molecule has 1 aliphatic heterocycles. The zero-order valence-electron chi connectivity index (χ0n) is 13.7. The highest BCUT2D eigenvalue weighted by molar-refractivity contribution is 7.91. The first kappa shape index (κ1) is 18.9. The molecule has 1 fully saturated rings. The molecule has 7 nitrogen and oxygen atoms in total. The first-order valence-electron chi connectivity index (χ1n) is 7.73. The van der Waals surface area contributed by atoms with E-state index in [-0.39, 0.29) is 28.4 Å². The Labute approximate surface area is 143 Å². The number of sulfonamides is 1. The van der Waals surface area contributed by atoms with Crippen LogP contribution in [0, 0.1) is 0 Å². The van der Waals surface area contributed by atoms with Gasteiger partial charge < -0.3 is 4.90 Å². The number of benzene rings is 1. The van der Waals surface area contributed by atoms with Crippen molar-refractivity contribution in [2.24, 2.45) is 0 Å². The zero-order valence-corrected chi connectivity index (χ0v) is 15.4. The first-order valence-corrected chi connectivity index (χ1v) is 11.0. The van der Waals surface area contributed by atoms with Crippen LogP contribution in [0.4, 0.5) is 0 Å². The van der Waals surface area contributed by atoms with Gasteiger partial charge in [0.1, 0.15) is 0 Å². The minimum absolute atomic E-state index is 0.0252. The normalized spacial score (nSPS) is 20.0. The molecule has 1 aromatic carbocycles. The molecule has 9 heteroatoms. The number of hydrogen-bond acceptors (Lipinski definition) is 5. The minimum Gasteiger partial charge on any atom is -0.338 e. The summed E-state index contributed by atoms with van der Waals surface area (Å²) in [6.45, 7) is 2.21. The second-order valence-electron chi connectivity index (χ2n) is 5.90. The first-order chi connectivity index (χ1) is 11.2. The number of carbonyl (C=O) groups is 1. The fraction of sp³-hybridized carbons (Fsp3) is 0.533. The van der Waals surface area contributed by atoms with Crippen LogP contribution in [0.5, 0.6) is 0 Å². The van der Waals surface area contributed by atoms with Gasteiger partial charge in [0.15, 0.2) is 9.84 Å². The van der Waals surface area contributed by atoms with E-state index in [0.29, 0.717) is 24.9 Å². The molecule has 1 atom stereocenters. The molecule has 134 valence electrons. The van der Waals surface area contributed by atoms with Gasteiger partial charge in [-0.15, -0.1) is 0 Å². The number of carbonyl (C=O) groups excluding carboxylic acids is 1. The molecule has 24 heavy (non-hydrogen) atoms. The fourth-order valence-corrected chi connectivity index (χ4v) is 5.46. The molecule has 1 aromatic rings. The van der Waals surface area contributed by atoms with Crippen molar-refractivity contribution in [2.45, 2.75) is 30.7 Å². The molecule has 1 unspecified atom stereocenters. The van der Waals surface area contributed by atoms with Crippen LogP contribution in [0.3, 0.4) is 0 Å². The summed E-state index contributed by atoms with van der Waals surface area (Å²) in [5, 5.41) is 0. The number of sulfone groups is 1. The molecule has 1 heterocycles. The summed E-state index contributed by atoms with van der Waals surface area (Å²) in [7, 11) is -5.07. The SMILES string of the molecule is CCCNS(=O)(=O)c1ccc(C(=O)N(C)C2CCS(=O)(=O)C2)cc1. The Morgan fingerprint density at radius 2 is 1.92 bits per heavy atom. The van der Waals surface area contributed by atoms with E-state index in [0.717, 1.165) is 0 Å². The third kappa shape index (κ3) is 4.34. The van der Waals surface area contributed by atoms with Crippen molar-refractivity contribution in [1.29, 1.82) is 0 Å². The highest BCUT2D eigenvalue weighted by Gasteiger charge is 2.33. The van der Waals surface area contributed by atoms with Crippen LogP contribution in [-0.4, -0.2) is 58.8 Å². The van der Waals surface area contributed by atoms with E-state index in [2.05, 4.69) is 4.72 Å². The lowest BCUT2D eigenvalue weighted by atomic mass is 10.1. The van der Waals surface area contributed by atoms with Crippen molar-refractivity contribution >= 4 is 25.8 Å². The van der Waals surface area contributed by atoms with Crippen LogP contribution in [0.1, 0.15) is 30.1 Å². The summed E-state index contributed by atoms with van der Waals surface area (Å²) in [5.41, 5.74) is 0.330. The Kier molecular flexibility index (Phi) is 5.67. The molecule has 1 amide bonds. The third-order valence-corrected chi connectivity index (χ3v) is 7.26. The number of hydrogen-bond donors (Lipinski definition) is 1. The van der Waals surface area contributed by atoms with Gasteiger partial charge in [0.05, 0.1) is 16.4 Å². The van der Waals surface area contributed by atoms with Gasteiger partial charge in [-0.25, -0.2) is 21.6 Å². The van der Waals surface area contributed by atoms with Crippen molar-refractivity contribution in [3.8, 4) is 0 Å². The molecule has 1 N–H and O–H groups in total. The number of nitrogens with zero attached hydrogens (tertiary/aromatic N) is 1. The van der Waals surface area contributed by atoms with E-state index in [1.165, 1.54) is 29.2 Å². The van der Waals surface area contributed by atoms with Crippen molar-refractivity contribution < 1.29 is 21.6 Å². The topological polar surface area (TPSA) is 101 Å². The van der Waals surface area contributed by atoms with Gasteiger partial charge in [0.25, 0.3) is 5.91 Å². The molecule has 2 rings (SSSR count). The quantitative estimate of drug-likeness (QED) is 0.787. The van der Waals surface area contributed by atoms with Crippen LogP contribution in [0.15, 0.2) is 29.2 Å². The van der Waals surface area contributed by atoms with Gasteiger partial charge in [-0.3, -0.25) is 4.79 Å². The predicted octanol–water partition coefficient (Wildman–Crippen LogP) is 0.634. The zero-order chi connectivity index (χ0) is 18.0. The van der Waals surface area contributed by atoms with Gasteiger partial charge in [0.2, 0.25) is 10.0 Å². The maximum absolute atomic E-state index is 12.4. The molecular formula is C15H22N2O5S2. The van der Waals surface area contributed by atoms with Crippen molar-refractivity contribution in [3.05, 3.63) is 29.8 Å². The van der Waals surface area contributed by atoms with Gasteiger partial charge in [-0.2, -0.15) is 0 Å². The maximum atomic E-state index is 12.4. The average molecular weight is 374 g/mol. The van der Waals surface area contributed by atoms with Gasteiger partial charge in [-0.1, -0.05) is 6.92 Å². The van der Waals surface area contributed by atoms with E-state index in [4.69, 9.17) is 0 Å². The average Bonchev–Trinajstić information content (AvgIpc) is 2.91. The second-order valence-corrected chi connectivity index (χ2v) is 9.89. The summed E-state index contributed by atoms with van der Waals surface area (Å²) < 4.78 is 49.6. The van der Waals surface area contributed by atoms with Crippen molar-refractivity contribution in [2.75, 3.05) is 25.1 Å². The molecule has 0 aromatic heterocycles. The lowest BCUT2D eigenvalue weighted by molar-refractivity contribution is 0.0747. The molecule has 0 spiro atoms.